The van der Waals surface area contributed by atoms with E-state index < -0.39 is 6.10 Å². The first-order valence-corrected chi connectivity index (χ1v) is 6.48. The number of rotatable bonds is 5. The van der Waals surface area contributed by atoms with Gasteiger partial charge in [0.2, 0.25) is 5.91 Å². The van der Waals surface area contributed by atoms with Crippen molar-refractivity contribution >= 4 is 5.91 Å². The standard InChI is InChI=1S/C15H22FNO2/c1-15(2,3)13(18)10-17-14(19)8-7-11-5-4-6-12(16)9-11/h4-6,9,13,18H,7-8,10H2,1-3H3,(H,17,19). The molecule has 1 unspecified atom stereocenters. The number of aliphatic hydroxyl groups is 1. The maximum Gasteiger partial charge on any atom is 0.220 e. The van der Waals surface area contributed by atoms with Crippen LogP contribution < -0.4 is 5.32 Å². The van der Waals surface area contributed by atoms with Crippen molar-refractivity contribution < 1.29 is 14.3 Å². The molecule has 0 aromatic heterocycles. The Hall–Kier alpha value is -1.42. The SMILES string of the molecule is CC(C)(C)C(O)CNC(=O)CCc1cccc(F)c1. The van der Waals surface area contributed by atoms with E-state index in [2.05, 4.69) is 5.32 Å². The summed E-state index contributed by atoms with van der Waals surface area (Å²) < 4.78 is 12.9. The highest BCUT2D eigenvalue weighted by atomic mass is 19.1. The maximum absolute atomic E-state index is 12.9. The van der Waals surface area contributed by atoms with Crippen LogP contribution in [0.2, 0.25) is 0 Å². The van der Waals surface area contributed by atoms with Crippen LogP contribution in [0.5, 0.6) is 0 Å². The minimum absolute atomic E-state index is 0.132. The predicted molar refractivity (Wildman–Crippen MR) is 73.2 cm³/mol. The number of aryl methyl sites for hydroxylation is 1. The monoisotopic (exact) mass is 267 g/mol. The summed E-state index contributed by atoms with van der Waals surface area (Å²) in [5, 5.41) is 12.5. The van der Waals surface area contributed by atoms with Crippen molar-refractivity contribution in [1.29, 1.82) is 0 Å². The lowest BCUT2D eigenvalue weighted by molar-refractivity contribution is -0.121. The molecule has 0 aliphatic rings. The number of carbonyl (C=O) groups is 1. The summed E-state index contributed by atoms with van der Waals surface area (Å²) in [6.45, 7) is 5.98. The van der Waals surface area contributed by atoms with E-state index in [1.54, 1.807) is 12.1 Å². The molecule has 3 nitrogen and oxygen atoms in total. The van der Waals surface area contributed by atoms with Gasteiger partial charge < -0.3 is 10.4 Å². The Morgan fingerprint density at radius 1 is 1.42 bits per heavy atom. The van der Waals surface area contributed by atoms with Crippen LogP contribution in [-0.2, 0) is 11.2 Å². The second-order valence-corrected chi connectivity index (χ2v) is 5.82. The molecule has 106 valence electrons. The molecule has 0 saturated carbocycles. The fourth-order valence-corrected chi connectivity index (χ4v) is 1.56. The Morgan fingerprint density at radius 2 is 2.11 bits per heavy atom. The topological polar surface area (TPSA) is 49.3 Å². The van der Waals surface area contributed by atoms with Crippen LogP contribution in [0, 0.1) is 11.2 Å². The number of nitrogens with one attached hydrogen (secondary N) is 1. The fraction of sp³-hybridized carbons (Fsp3) is 0.533. The molecule has 1 amide bonds. The smallest absolute Gasteiger partial charge is 0.220 e. The Balaban J connectivity index is 2.33. The second kappa shape index (κ2) is 6.66. The van der Waals surface area contributed by atoms with E-state index in [1.165, 1.54) is 12.1 Å². The van der Waals surface area contributed by atoms with Gasteiger partial charge in [-0.15, -0.1) is 0 Å². The van der Waals surface area contributed by atoms with Gasteiger partial charge in [-0.05, 0) is 29.5 Å². The minimum atomic E-state index is -0.578. The van der Waals surface area contributed by atoms with Crippen LogP contribution >= 0.6 is 0 Å². The fourth-order valence-electron chi connectivity index (χ4n) is 1.56. The molecule has 4 heteroatoms. The van der Waals surface area contributed by atoms with Gasteiger partial charge in [0.05, 0.1) is 6.10 Å². The van der Waals surface area contributed by atoms with Gasteiger partial charge in [-0.2, -0.15) is 0 Å². The summed E-state index contributed by atoms with van der Waals surface area (Å²) in [5.41, 5.74) is 0.544. The van der Waals surface area contributed by atoms with Gasteiger partial charge in [-0.1, -0.05) is 32.9 Å². The van der Waals surface area contributed by atoms with Crippen molar-refractivity contribution in [2.24, 2.45) is 5.41 Å². The van der Waals surface area contributed by atoms with Crippen LogP contribution in [0.3, 0.4) is 0 Å². The predicted octanol–water partition coefficient (Wildman–Crippen LogP) is 2.28. The van der Waals surface area contributed by atoms with Crippen molar-refractivity contribution in [3.8, 4) is 0 Å². The molecule has 0 saturated heterocycles. The molecule has 0 fully saturated rings. The normalized spacial score (nSPS) is 13.1. The van der Waals surface area contributed by atoms with E-state index in [1.807, 2.05) is 20.8 Å². The van der Waals surface area contributed by atoms with E-state index in [-0.39, 0.29) is 23.7 Å². The summed E-state index contributed by atoms with van der Waals surface area (Å²) in [6.07, 6.45) is 0.209. The average molecular weight is 267 g/mol. The van der Waals surface area contributed by atoms with Crippen molar-refractivity contribution in [3.05, 3.63) is 35.6 Å². The molecule has 19 heavy (non-hydrogen) atoms. The van der Waals surface area contributed by atoms with E-state index in [4.69, 9.17) is 0 Å². The molecule has 0 bridgehead atoms. The number of aliphatic hydroxyl groups excluding tert-OH is 1. The minimum Gasteiger partial charge on any atom is -0.391 e. The highest BCUT2D eigenvalue weighted by molar-refractivity contribution is 5.76. The van der Waals surface area contributed by atoms with Crippen LogP contribution in [0.4, 0.5) is 4.39 Å². The lowest BCUT2D eigenvalue weighted by atomic mass is 9.89. The van der Waals surface area contributed by atoms with Crippen LogP contribution in [0.25, 0.3) is 0 Å². The van der Waals surface area contributed by atoms with Gasteiger partial charge >= 0.3 is 0 Å². The van der Waals surface area contributed by atoms with Gasteiger partial charge in [-0.25, -0.2) is 4.39 Å². The molecule has 1 atom stereocenters. The molecule has 0 aliphatic carbocycles. The quantitative estimate of drug-likeness (QED) is 0.860. The molecule has 0 aliphatic heterocycles. The second-order valence-electron chi connectivity index (χ2n) is 5.82. The molecule has 1 aromatic carbocycles. The van der Waals surface area contributed by atoms with Crippen molar-refractivity contribution in [3.63, 3.8) is 0 Å². The molecule has 1 rings (SSSR count). The Bertz CT molecular complexity index is 426. The van der Waals surface area contributed by atoms with E-state index >= 15 is 0 Å². The summed E-state index contributed by atoms with van der Waals surface area (Å²) in [7, 11) is 0. The van der Waals surface area contributed by atoms with Gasteiger partial charge in [0.1, 0.15) is 5.82 Å². The average Bonchev–Trinajstić information content (AvgIpc) is 2.32. The molecule has 2 N–H and O–H groups in total. The van der Waals surface area contributed by atoms with Crippen LogP contribution in [-0.4, -0.2) is 23.7 Å². The van der Waals surface area contributed by atoms with Gasteiger partial charge in [0, 0.05) is 13.0 Å². The lowest BCUT2D eigenvalue weighted by Crippen LogP contribution is -2.39. The van der Waals surface area contributed by atoms with E-state index in [9.17, 15) is 14.3 Å². The molecular formula is C15H22FNO2. The Morgan fingerprint density at radius 3 is 2.68 bits per heavy atom. The third-order valence-corrected chi connectivity index (χ3v) is 3.02. The third kappa shape index (κ3) is 5.83. The van der Waals surface area contributed by atoms with Gasteiger partial charge in [0.25, 0.3) is 0 Å². The van der Waals surface area contributed by atoms with Gasteiger partial charge in [-0.3, -0.25) is 4.79 Å². The zero-order valence-corrected chi connectivity index (χ0v) is 11.7. The van der Waals surface area contributed by atoms with Crippen molar-refractivity contribution in [1.82, 2.24) is 5.32 Å². The zero-order valence-electron chi connectivity index (χ0n) is 11.7. The number of benzene rings is 1. The molecule has 0 spiro atoms. The first-order chi connectivity index (χ1) is 8.79. The first kappa shape index (κ1) is 15.6. The summed E-state index contributed by atoms with van der Waals surface area (Å²) in [4.78, 5) is 11.6. The molecule has 0 heterocycles. The first-order valence-electron chi connectivity index (χ1n) is 6.48. The summed E-state index contributed by atoms with van der Waals surface area (Å²) >= 11 is 0. The lowest BCUT2D eigenvalue weighted by Gasteiger charge is -2.25. The van der Waals surface area contributed by atoms with Crippen molar-refractivity contribution in [2.75, 3.05) is 6.54 Å². The molecule has 0 radical (unpaired) electrons. The van der Waals surface area contributed by atoms with Crippen LogP contribution in [0.1, 0.15) is 32.8 Å². The molecule has 1 aromatic rings. The Labute approximate surface area is 113 Å². The summed E-state index contributed by atoms with van der Waals surface area (Å²) in [5.74, 6) is -0.423. The number of carbonyl (C=O) groups excluding carboxylic acids is 1. The third-order valence-electron chi connectivity index (χ3n) is 3.02. The number of amides is 1. The van der Waals surface area contributed by atoms with Gasteiger partial charge in [0.15, 0.2) is 0 Å². The largest absolute Gasteiger partial charge is 0.391 e. The Kier molecular flexibility index (Phi) is 5.48. The van der Waals surface area contributed by atoms with Crippen LogP contribution in [0.15, 0.2) is 24.3 Å². The number of hydrogen-bond donors (Lipinski definition) is 2. The number of hydrogen-bond acceptors (Lipinski definition) is 2. The number of halogens is 1. The maximum atomic E-state index is 12.9. The summed E-state index contributed by atoms with van der Waals surface area (Å²) in [6, 6.07) is 6.23. The highest BCUT2D eigenvalue weighted by Gasteiger charge is 2.22. The zero-order chi connectivity index (χ0) is 14.5. The van der Waals surface area contributed by atoms with E-state index in [0.29, 0.717) is 12.8 Å². The van der Waals surface area contributed by atoms with E-state index in [0.717, 1.165) is 5.56 Å². The highest BCUT2D eigenvalue weighted by Crippen LogP contribution is 2.18. The molecular weight excluding hydrogens is 245 g/mol. The van der Waals surface area contributed by atoms with Crippen molar-refractivity contribution in [2.45, 2.75) is 39.7 Å².